The molecule has 1 aliphatic heterocycles. The summed E-state index contributed by atoms with van der Waals surface area (Å²) in [6.45, 7) is 1.91. The molecular weight excluding hydrogens is 250 g/mol. The average Bonchev–Trinajstić information content (AvgIpc) is 2.80. The number of aromatic hydroxyl groups is 1. The Balaban J connectivity index is 2.13. The van der Waals surface area contributed by atoms with Gasteiger partial charge in [-0.3, -0.25) is 9.59 Å². The van der Waals surface area contributed by atoms with Gasteiger partial charge in [0.15, 0.2) is 0 Å². The highest BCUT2D eigenvalue weighted by Gasteiger charge is 2.35. The summed E-state index contributed by atoms with van der Waals surface area (Å²) in [5.41, 5.74) is 0.793. The Hall–Kier alpha value is -2.08. The van der Waals surface area contributed by atoms with Crippen LogP contribution < -0.4 is 5.32 Å². The van der Waals surface area contributed by atoms with Crippen molar-refractivity contribution < 1.29 is 24.5 Å². The van der Waals surface area contributed by atoms with Crippen LogP contribution in [0.5, 0.6) is 5.75 Å². The largest absolute Gasteiger partial charge is 0.508 e. The Kier molecular flexibility index (Phi) is 3.71. The first-order chi connectivity index (χ1) is 9.00. The molecule has 0 aliphatic carbocycles. The lowest BCUT2D eigenvalue weighted by Crippen LogP contribution is -2.42. The zero-order chi connectivity index (χ0) is 14.0. The normalized spacial score (nSPS) is 22.2. The summed E-state index contributed by atoms with van der Waals surface area (Å²) in [5, 5.41) is 21.2. The first-order valence-electron chi connectivity index (χ1n) is 5.90. The number of phenolic OH excluding ortho intramolecular Hbond substituents is 1. The van der Waals surface area contributed by atoms with Gasteiger partial charge in [-0.25, -0.2) is 0 Å². The second-order valence-corrected chi connectivity index (χ2v) is 4.51. The SMILES string of the molecule is Cc1c(O)cccc1C(=O)NC1COCC1C(=O)O. The maximum atomic E-state index is 12.1. The molecule has 1 amide bonds. The summed E-state index contributed by atoms with van der Waals surface area (Å²) >= 11 is 0. The van der Waals surface area contributed by atoms with Crippen molar-refractivity contribution in [2.24, 2.45) is 5.92 Å². The molecule has 19 heavy (non-hydrogen) atoms. The van der Waals surface area contributed by atoms with Gasteiger partial charge in [0.05, 0.1) is 19.3 Å². The predicted molar refractivity (Wildman–Crippen MR) is 66.0 cm³/mol. The fourth-order valence-corrected chi connectivity index (χ4v) is 2.06. The molecule has 1 heterocycles. The van der Waals surface area contributed by atoms with Gasteiger partial charge in [0.25, 0.3) is 5.91 Å². The van der Waals surface area contributed by atoms with Crippen LogP contribution in [0, 0.1) is 12.8 Å². The summed E-state index contributed by atoms with van der Waals surface area (Å²) in [4.78, 5) is 23.1. The minimum absolute atomic E-state index is 0.0325. The van der Waals surface area contributed by atoms with E-state index >= 15 is 0 Å². The maximum Gasteiger partial charge on any atom is 0.311 e. The molecular formula is C13H15NO5. The molecule has 102 valence electrons. The molecule has 0 radical (unpaired) electrons. The van der Waals surface area contributed by atoms with E-state index < -0.39 is 23.8 Å². The van der Waals surface area contributed by atoms with Crippen LogP contribution in [0.2, 0.25) is 0 Å². The second-order valence-electron chi connectivity index (χ2n) is 4.51. The third-order valence-corrected chi connectivity index (χ3v) is 3.26. The van der Waals surface area contributed by atoms with E-state index in [0.29, 0.717) is 11.1 Å². The number of hydrogen-bond donors (Lipinski definition) is 3. The van der Waals surface area contributed by atoms with Crippen LogP contribution in [-0.4, -0.2) is 41.3 Å². The molecule has 0 saturated carbocycles. The van der Waals surface area contributed by atoms with Crippen LogP contribution in [-0.2, 0) is 9.53 Å². The highest BCUT2D eigenvalue weighted by atomic mass is 16.5. The topological polar surface area (TPSA) is 95.9 Å². The third kappa shape index (κ3) is 2.68. The summed E-state index contributed by atoms with van der Waals surface area (Å²) in [5.74, 6) is -2.10. The smallest absolute Gasteiger partial charge is 0.311 e. The molecule has 6 heteroatoms. The van der Waals surface area contributed by atoms with Crippen LogP contribution in [0.25, 0.3) is 0 Å². The van der Waals surface area contributed by atoms with Gasteiger partial charge in [0.1, 0.15) is 11.7 Å². The summed E-state index contributed by atoms with van der Waals surface area (Å²) < 4.78 is 5.08. The molecule has 2 unspecified atom stereocenters. The molecule has 1 aliphatic rings. The highest BCUT2D eigenvalue weighted by Crippen LogP contribution is 2.20. The van der Waals surface area contributed by atoms with Gasteiger partial charge >= 0.3 is 5.97 Å². The van der Waals surface area contributed by atoms with E-state index in [0.717, 1.165) is 0 Å². The van der Waals surface area contributed by atoms with E-state index in [1.165, 1.54) is 6.07 Å². The highest BCUT2D eigenvalue weighted by molar-refractivity contribution is 5.96. The van der Waals surface area contributed by atoms with Crippen molar-refractivity contribution in [2.75, 3.05) is 13.2 Å². The molecule has 2 rings (SSSR count). The van der Waals surface area contributed by atoms with E-state index in [2.05, 4.69) is 5.32 Å². The van der Waals surface area contributed by atoms with Crippen molar-refractivity contribution >= 4 is 11.9 Å². The Morgan fingerprint density at radius 3 is 2.79 bits per heavy atom. The van der Waals surface area contributed by atoms with E-state index in [9.17, 15) is 14.7 Å². The number of carbonyl (C=O) groups excluding carboxylic acids is 1. The summed E-state index contributed by atoms with van der Waals surface area (Å²) in [6.07, 6.45) is 0. The van der Waals surface area contributed by atoms with Crippen molar-refractivity contribution in [1.82, 2.24) is 5.32 Å². The molecule has 3 N–H and O–H groups in total. The number of carboxylic acid groups (broad SMARTS) is 1. The number of nitrogens with one attached hydrogen (secondary N) is 1. The predicted octanol–water partition coefficient (Wildman–Crippen LogP) is 0.530. The minimum atomic E-state index is -0.990. The molecule has 1 saturated heterocycles. The number of carboxylic acids is 1. The van der Waals surface area contributed by atoms with Crippen molar-refractivity contribution in [1.29, 1.82) is 0 Å². The van der Waals surface area contributed by atoms with E-state index in [1.807, 2.05) is 0 Å². The molecule has 0 bridgehead atoms. The van der Waals surface area contributed by atoms with Gasteiger partial charge in [-0.2, -0.15) is 0 Å². The zero-order valence-electron chi connectivity index (χ0n) is 10.4. The van der Waals surface area contributed by atoms with Crippen molar-refractivity contribution in [3.05, 3.63) is 29.3 Å². The Bertz CT molecular complexity index is 514. The number of phenols is 1. The standard InChI is InChI=1S/C13H15NO5/c1-7-8(3-2-4-11(7)15)12(16)14-10-6-19-5-9(10)13(17)18/h2-4,9-10,15H,5-6H2,1H3,(H,14,16)(H,17,18). The van der Waals surface area contributed by atoms with Crippen molar-refractivity contribution in [3.63, 3.8) is 0 Å². The molecule has 1 aromatic carbocycles. The first kappa shape index (κ1) is 13.4. The molecule has 1 aromatic rings. The van der Waals surface area contributed by atoms with Gasteiger partial charge in [0, 0.05) is 11.1 Å². The van der Waals surface area contributed by atoms with Gasteiger partial charge in [-0.15, -0.1) is 0 Å². The number of carbonyl (C=O) groups is 2. The van der Waals surface area contributed by atoms with Gasteiger partial charge in [-0.1, -0.05) is 6.07 Å². The van der Waals surface area contributed by atoms with Crippen LogP contribution in [0.3, 0.4) is 0 Å². The van der Waals surface area contributed by atoms with Crippen molar-refractivity contribution in [3.8, 4) is 5.75 Å². The molecule has 1 fully saturated rings. The molecule has 0 aromatic heterocycles. The lowest BCUT2D eigenvalue weighted by molar-refractivity contribution is -0.142. The third-order valence-electron chi connectivity index (χ3n) is 3.26. The van der Waals surface area contributed by atoms with Crippen LogP contribution in [0.15, 0.2) is 18.2 Å². The maximum absolute atomic E-state index is 12.1. The second kappa shape index (κ2) is 5.27. The number of amides is 1. The first-order valence-corrected chi connectivity index (χ1v) is 5.90. The van der Waals surface area contributed by atoms with Crippen LogP contribution in [0.4, 0.5) is 0 Å². The fourth-order valence-electron chi connectivity index (χ4n) is 2.06. The minimum Gasteiger partial charge on any atom is -0.508 e. The van der Waals surface area contributed by atoms with E-state index in [-0.39, 0.29) is 19.0 Å². The van der Waals surface area contributed by atoms with Gasteiger partial charge < -0.3 is 20.3 Å². The number of rotatable bonds is 3. The van der Waals surface area contributed by atoms with Crippen molar-refractivity contribution in [2.45, 2.75) is 13.0 Å². The van der Waals surface area contributed by atoms with Crippen LogP contribution >= 0.6 is 0 Å². The van der Waals surface area contributed by atoms with Gasteiger partial charge in [0.2, 0.25) is 0 Å². The lowest BCUT2D eigenvalue weighted by Gasteiger charge is -2.16. The Morgan fingerprint density at radius 1 is 1.37 bits per heavy atom. The molecule has 2 atom stereocenters. The summed E-state index contributed by atoms with van der Waals surface area (Å²) in [6, 6.07) is 4.09. The Labute approximate surface area is 110 Å². The van der Waals surface area contributed by atoms with E-state index in [1.54, 1.807) is 19.1 Å². The van der Waals surface area contributed by atoms with Crippen LogP contribution in [0.1, 0.15) is 15.9 Å². The molecule has 0 spiro atoms. The average molecular weight is 265 g/mol. The van der Waals surface area contributed by atoms with Gasteiger partial charge in [-0.05, 0) is 19.1 Å². The monoisotopic (exact) mass is 265 g/mol. The quantitative estimate of drug-likeness (QED) is 0.741. The number of ether oxygens (including phenoxy) is 1. The number of hydrogen-bond acceptors (Lipinski definition) is 4. The van der Waals surface area contributed by atoms with E-state index in [4.69, 9.17) is 9.84 Å². The summed E-state index contributed by atoms with van der Waals surface area (Å²) in [7, 11) is 0. The number of benzene rings is 1. The molecule has 6 nitrogen and oxygen atoms in total. The fraction of sp³-hybridized carbons (Fsp3) is 0.385. The zero-order valence-corrected chi connectivity index (χ0v) is 10.4. The lowest BCUT2D eigenvalue weighted by atomic mass is 10.0. The number of aliphatic carboxylic acids is 1. The Morgan fingerprint density at radius 2 is 2.11 bits per heavy atom.